The minimum absolute atomic E-state index is 0.0743. The van der Waals surface area contributed by atoms with Crippen LogP contribution in [0.3, 0.4) is 0 Å². The highest BCUT2D eigenvalue weighted by Gasteiger charge is 2.26. The number of carbonyl (C=O) groups excluding carboxylic acids is 2. The van der Waals surface area contributed by atoms with Crippen molar-refractivity contribution in [3.05, 3.63) is 59.2 Å². The van der Waals surface area contributed by atoms with Gasteiger partial charge in [0.05, 0.1) is 18.0 Å². The molecule has 1 heterocycles. The molecule has 0 aromatic heterocycles. The highest BCUT2D eigenvalue weighted by Crippen LogP contribution is 2.37. The van der Waals surface area contributed by atoms with Gasteiger partial charge in [-0.25, -0.2) is 0 Å². The minimum atomic E-state index is -0.0963. The molecular formula is C21H24N2O2S. The molecule has 2 aromatic rings. The average Bonchev–Trinajstić information content (AvgIpc) is 2.65. The third kappa shape index (κ3) is 3.93. The lowest BCUT2D eigenvalue weighted by atomic mass is 10.1. The van der Waals surface area contributed by atoms with Gasteiger partial charge in [-0.1, -0.05) is 31.2 Å². The molecule has 1 aliphatic rings. The highest BCUT2D eigenvalue weighted by atomic mass is 32.2. The number of hydrogen-bond donors (Lipinski definition) is 1. The number of carbonyl (C=O) groups is 2. The highest BCUT2D eigenvalue weighted by molar-refractivity contribution is 8.00. The van der Waals surface area contributed by atoms with Crippen molar-refractivity contribution in [3.8, 4) is 0 Å². The molecule has 4 nitrogen and oxygen atoms in total. The van der Waals surface area contributed by atoms with Crippen LogP contribution in [0.25, 0.3) is 0 Å². The Morgan fingerprint density at radius 2 is 2.04 bits per heavy atom. The van der Waals surface area contributed by atoms with Crippen LogP contribution in [-0.2, 0) is 11.3 Å². The summed E-state index contributed by atoms with van der Waals surface area (Å²) in [5, 5.41) is 2.99. The van der Waals surface area contributed by atoms with Gasteiger partial charge in [0.25, 0.3) is 5.91 Å². The Morgan fingerprint density at radius 1 is 1.27 bits per heavy atom. The molecule has 1 aliphatic heterocycles. The van der Waals surface area contributed by atoms with E-state index in [1.54, 1.807) is 4.90 Å². The first-order valence-electron chi connectivity index (χ1n) is 8.92. The van der Waals surface area contributed by atoms with Crippen LogP contribution in [0, 0.1) is 6.92 Å². The SMILES string of the molecule is CCC(C)NC(=O)c1ccc2c(c1)N(Cc1ccccc1C)C(=O)CS2. The largest absolute Gasteiger partial charge is 0.350 e. The summed E-state index contributed by atoms with van der Waals surface area (Å²) in [6.07, 6.45) is 0.879. The molecule has 0 fully saturated rings. The van der Waals surface area contributed by atoms with E-state index in [2.05, 4.69) is 18.3 Å². The van der Waals surface area contributed by atoms with Gasteiger partial charge in [0.1, 0.15) is 0 Å². The van der Waals surface area contributed by atoms with E-state index >= 15 is 0 Å². The van der Waals surface area contributed by atoms with Crippen LogP contribution >= 0.6 is 11.8 Å². The maximum Gasteiger partial charge on any atom is 0.251 e. The number of amides is 2. The second-order valence-electron chi connectivity index (χ2n) is 6.66. The minimum Gasteiger partial charge on any atom is -0.350 e. The average molecular weight is 369 g/mol. The molecule has 26 heavy (non-hydrogen) atoms. The first-order chi connectivity index (χ1) is 12.5. The van der Waals surface area contributed by atoms with Crippen molar-refractivity contribution in [1.29, 1.82) is 0 Å². The number of fused-ring (bicyclic) bond motifs is 1. The van der Waals surface area contributed by atoms with Crippen LogP contribution in [0.5, 0.6) is 0 Å². The smallest absolute Gasteiger partial charge is 0.251 e. The lowest BCUT2D eigenvalue weighted by Gasteiger charge is -2.30. The van der Waals surface area contributed by atoms with Crippen LogP contribution in [0.15, 0.2) is 47.4 Å². The molecule has 0 saturated heterocycles. The molecule has 136 valence electrons. The summed E-state index contributed by atoms with van der Waals surface area (Å²) in [7, 11) is 0. The summed E-state index contributed by atoms with van der Waals surface area (Å²) in [4.78, 5) is 27.9. The summed E-state index contributed by atoms with van der Waals surface area (Å²) < 4.78 is 0. The molecule has 2 amide bonds. The van der Waals surface area contributed by atoms with Crippen LogP contribution < -0.4 is 10.2 Å². The van der Waals surface area contributed by atoms with Crippen LogP contribution in [0.4, 0.5) is 5.69 Å². The molecule has 0 spiro atoms. The predicted molar refractivity (Wildman–Crippen MR) is 107 cm³/mol. The molecular weight excluding hydrogens is 344 g/mol. The molecule has 1 N–H and O–H groups in total. The number of rotatable bonds is 5. The van der Waals surface area contributed by atoms with Crippen molar-refractivity contribution >= 4 is 29.3 Å². The fraction of sp³-hybridized carbons (Fsp3) is 0.333. The van der Waals surface area contributed by atoms with Crippen LogP contribution in [0.1, 0.15) is 41.8 Å². The van der Waals surface area contributed by atoms with Gasteiger partial charge in [-0.2, -0.15) is 0 Å². The van der Waals surface area contributed by atoms with E-state index in [0.29, 0.717) is 17.9 Å². The van der Waals surface area contributed by atoms with E-state index in [1.807, 2.05) is 50.2 Å². The molecule has 0 radical (unpaired) electrons. The van der Waals surface area contributed by atoms with Gasteiger partial charge in [-0.3, -0.25) is 9.59 Å². The number of nitrogens with zero attached hydrogens (tertiary/aromatic N) is 1. The third-order valence-electron chi connectivity index (χ3n) is 4.74. The number of aryl methyl sites for hydroxylation is 1. The van der Waals surface area contributed by atoms with Gasteiger partial charge in [-0.15, -0.1) is 11.8 Å². The zero-order chi connectivity index (χ0) is 18.7. The quantitative estimate of drug-likeness (QED) is 0.862. The van der Waals surface area contributed by atoms with Gasteiger partial charge in [0, 0.05) is 16.5 Å². The molecule has 0 bridgehead atoms. The van der Waals surface area contributed by atoms with E-state index in [9.17, 15) is 9.59 Å². The van der Waals surface area contributed by atoms with E-state index in [-0.39, 0.29) is 17.9 Å². The standard InChI is InChI=1S/C21H24N2O2S/c1-4-15(3)22-21(25)16-9-10-19-18(11-16)23(20(24)13-26-19)12-17-8-6-5-7-14(17)2/h5-11,15H,4,12-13H2,1-3H3,(H,22,25). The Morgan fingerprint density at radius 3 is 2.77 bits per heavy atom. The first-order valence-corrected chi connectivity index (χ1v) is 9.90. The van der Waals surface area contributed by atoms with Crippen molar-refractivity contribution in [2.75, 3.05) is 10.7 Å². The van der Waals surface area contributed by atoms with Gasteiger partial charge in [0.2, 0.25) is 5.91 Å². The van der Waals surface area contributed by atoms with E-state index in [4.69, 9.17) is 0 Å². The summed E-state index contributed by atoms with van der Waals surface area (Å²) in [5.41, 5.74) is 3.69. The van der Waals surface area contributed by atoms with Crippen molar-refractivity contribution < 1.29 is 9.59 Å². The number of benzene rings is 2. The summed E-state index contributed by atoms with van der Waals surface area (Å²) >= 11 is 1.53. The molecule has 3 rings (SSSR count). The Kier molecular flexibility index (Phi) is 5.67. The van der Waals surface area contributed by atoms with Gasteiger partial charge in [0.15, 0.2) is 0 Å². The summed E-state index contributed by atoms with van der Waals surface area (Å²) in [6.45, 7) is 6.60. The topological polar surface area (TPSA) is 49.4 Å². The Hall–Kier alpha value is -2.27. The number of hydrogen-bond acceptors (Lipinski definition) is 3. The number of nitrogens with one attached hydrogen (secondary N) is 1. The summed E-state index contributed by atoms with van der Waals surface area (Å²) in [6, 6.07) is 13.8. The molecule has 1 atom stereocenters. The normalized spacial score (nSPS) is 14.7. The van der Waals surface area contributed by atoms with Gasteiger partial charge in [-0.05, 0) is 49.6 Å². The maximum atomic E-state index is 12.6. The van der Waals surface area contributed by atoms with Crippen LogP contribution in [0.2, 0.25) is 0 Å². The Bertz CT molecular complexity index is 835. The molecule has 0 saturated carbocycles. The second kappa shape index (κ2) is 7.96. The second-order valence-corrected chi connectivity index (χ2v) is 7.68. The van der Waals surface area contributed by atoms with E-state index in [1.165, 1.54) is 11.8 Å². The number of thioether (sulfide) groups is 1. The van der Waals surface area contributed by atoms with Crippen molar-refractivity contribution in [3.63, 3.8) is 0 Å². The van der Waals surface area contributed by atoms with E-state index < -0.39 is 0 Å². The fourth-order valence-electron chi connectivity index (χ4n) is 2.88. The third-order valence-corrected chi connectivity index (χ3v) is 5.79. The molecule has 1 unspecified atom stereocenters. The van der Waals surface area contributed by atoms with Crippen molar-refractivity contribution in [2.45, 2.75) is 44.7 Å². The Balaban J connectivity index is 1.92. The number of anilines is 1. The zero-order valence-electron chi connectivity index (χ0n) is 15.4. The maximum absolute atomic E-state index is 12.6. The van der Waals surface area contributed by atoms with Gasteiger partial charge >= 0.3 is 0 Å². The van der Waals surface area contributed by atoms with Gasteiger partial charge < -0.3 is 10.2 Å². The van der Waals surface area contributed by atoms with Crippen molar-refractivity contribution in [1.82, 2.24) is 5.32 Å². The molecule has 5 heteroatoms. The monoisotopic (exact) mass is 368 g/mol. The fourth-order valence-corrected chi connectivity index (χ4v) is 3.80. The Labute approximate surface area is 159 Å². The lowest BCUT2D eigenvalue weighted by molar-refractivity contribution is -0.116. The van der Waals surface area contributed by atoms with Crippen molar-refractivity contribution in [2.24, 2.45) is 0 Å². The molecule has 2 aromatic carbocycles. The zero-order valence-corrected chi connectivity index (χ0v) is 16.2. The first kappa shape index (κ1) is 18.5. The lowest BCUT2D eigenvalue weighted by Crippen LogP contribution is -2.36. The molecule has 0 aliphatic carbocycles. The van der Waals surface area contributed by atoms with E-state index in [0.717, 1.165) is 28.1 Å². The summed E-state index contributed by atoms with van der Waals surface area (Å²) in [5.74, 6) is 0.406. The van der Waals surface area contributed by atoms with Crippen LogP contribution in [-0.4, -0.2) is 23.6 Å². The predicted octanol–water partition coefficient (Wildman–Crippen LogP) is 4.16.